The first-order chi connectivity index (χ1) is 14.1. The molecule has 0 fully saturated rings. The van der Waals surface area contributed by atoms with Crippen LogP contribution < -0.4 is 15.4 Å². The van der Waals surface area contributed by atoms with E-state index in [2.05, 4.69) is 27.1 Å². The van der Waals surface area contributed by atoms with Crippen LogP contribution in [-0.2, 0) is 16.4 Å². The first-order valence-electron chi connectivity index (χ1n) is 9.64. The molecule has 2 N–H and O–H groups in total. The van der Waals surface area contributed by atoms with Gasteiger partial charge >= 0.3 is 0 Å². The van der Waals surface area contributed by atoms with E-state index in [9.17, 15) is 8.42 Å². The van der Waals surface area contributed by atoms with Crippen LogP contribution in [0.25, 0.3) is 11.0 Å². The van der Waals surface area contributed by atoms with E-state index in [0.29, 0.717) is 16.5 Å². The average Bonchev–Trinajstić information content (AvgIpc) is 2.97. The molecule has 0 saturated carbocycles. The second-order valence-electron chi connectivity index (χ2n) is 7.25. The molecule has 30 heavy (non-hydrogen) atoms. The maximum absolute atomic E-state index is 12.0. The van der Waals surface area contributed by atoms with Gasteiger partial charge in [0.1, 0.15) is 11.6 Å². The molecule has 160 valence electrons. The Morgan fingerprint density at radius 2 is 1.90 bits per heavy atom. The van der Waals surface area contributed by atoms with Crippen LogP contribution in [0, 0.1) is 6.92 Å². The van der Waals surface area contributed by atoms with Gasteiger partial charge in [-0.05, 0) is 70.2 Å². The number of para-hydroxylation sites is 1. The highest BCUT2D eigenvalue weighted by Crippen LogP contribution is 2.30. The number of imidazole rings is 1. The number of thiocarbonyl (C=S) groups is 1. The Morgan fingerprint density at radius 1 is 1.20 bits per heavy atom. The first kappa shape index (κ1) is 22.0. The molecule has 1 aromatic heterocycles. The maximum Gasteiger partial charge on any atom is 0.175 e. The van der Waals surface area contributed by atoms with Gasteiger partial charge < -0.3 is 19.9 Å². The third-order valence-corrected chi connectivity index (χ3v) is 5.83. The predicted molar refractivity (Wildman–Crippen MR) is 125 cm³/mol. The number of aryl methyl sites for hydroxylation is 2. The number of fused-ring (bicyclic) bond motifs is 1. The fraction of sp³-hybridized carbons (Fsp3) is 0.333. The van der Waals surface area contributed by atoms with E-state index < -0.39 is 9.84 Å². The molecule has 0 aliphatic heterocycles. The summed E-state index contributed by atoms with van der Waals surface area (Å²) < 4.78 is 31.9. The lowest BCUT2D eigenvalue weighted by molar-refractivity contribution is 0.243. The van der Waals surface area contributed by atoms with Crippen molar-refractivity contribution >= 4 is 49.6 Å². The second-order valence-corrected chi connectivity index (χ2v) is 9.68. The SMILES string of the molecule is CCn1c(C)nc2cccc(NC(=S)Nc3cc(S(C)(=O)=O)ccc3OC(C)C)c21. The smallest absolute Gasteiger partial charge is 0.175 e. The summed E-state index contributed by atoms with van der Waals surface area (Å²) in [6, 6.07) is 10.5. The van der Waals surface area contributed by atoms with Gasteiger partial charge in [-0.2, -0.15) is 0 Å². The van der Waals surface area contributed by atoms with Crippen molar-refractivity contribution < 1.29 is 13.2 Å². The van der Waals surface area contributed by atoms with Crippen molar-refractivity contribution in [2.24, 2.45) is 0 Å². The van der Waals surface area contributed by atoms with Gasteiger partial charge in [0, 0.05) is 12.8 Å². The lowest BCUT2D eigenvalue weighted by Gasteiger charge is -2.18. The molecule has 0 spiro atoms. The van der Waals surface area contributed by atoms with Crippen molar-refractivity contribution in [2.75, 3.05) is 16.9 Å². The van der Waals surface area contributed by atoms with Crippen molar-refractivity contribution in [3.63, 3.8) is 0 Å². The van der Waals surface area contributed by atoms with Crippen molar-refractivity contribution in [3.05, 3.63) is 42.2 Å². The van der Waals surface area contributed by atoms with Crippen LogP contribution in [0.4, 0.5) is 11.4 Å². The molecule has 0 amide bonds. The number of rotatable bonds is 6. The fourth-order valence-electron chi connectivity index (χ4n) is 3.26. The summed E-state index contributed by atoms with van der Waals surface area (Å²) in [5.41, 5.74) is 3.14. The number of ether oxygens (including phenoxy) is 1. The van der Waals surface area contributed by atoms with Crippen LogP contribution >= 0.6 is 12.2 Å². The molecule has 1 heterocycles. The van der Waals surface area contributed by atoms with E-state index in [1.54, 1.807) is 6.07 Å². The summed E-state index contributed by atoms with van der Waals surface area (Å²) in [5.74, 6) is 1.45. The standard InChI is InChI=1S/C21H26N4O3S2/c1-6-25-14(4)22-16-8-7-9-17(20(16)25)23-21(29)24-18-12-15(30(5,26)27)10-11-19(18)28-13(2)3/h7-13H,6H2,1-5H3,(H2,23,24,29). The topological polar surface area (TPSA) is 85.3 Å². The second kappa shape index (κ2) is 8.61. The van der Waals surface area contributed by atoms with E-state index in [-0.39, 0.29) is 11.0 Å². The molecule has 0 atom stereocenters. The molecule has 2 aromatic carbocycles. The van der Waals surface area contributed by atoms with Crippen LogP contribution in [0.3, 0.4) is 0 Å². The Hall–Kier alpha value is -2.65. The van der Waals surface area contributed by atoms with E-state index in [0.717, 1.165) is 29.1 Å². The zero-order valence-corrected chi connectivity index (χ0v) is 19.3. The number of benzene rings is 2. The molecule has 0 aliphatic rings. The van der Waals surface area contributed by atoms with Gasteiger partial charge in [-0.15, -0.1) is 0 Å². The number of hydrogen-bond acceptors (Lipinski definition) is 5. The van der Waals surface area contributed by atoms with Gasteiger partial charge in [0.05, 0.1) is 33.4 Å². The Morgan fingerprint density at radius 3 is 2.53 bits per heavy atom. The number of anilines is 2. The summed E-state index contributed by atoms with van der Waals surface area (Å²) >= 11 is 5.52. The predicted octanol–water partition coefficient (Wildman–Crippen LogP) is 4.36. The van der Waals surface area contributed by atoms with Gasteiger partial charge in [0.25, 0.3) is 0 Å². The molecule has 0 radical (unpaired) electrons. The molecule has 7 nitrogen and oxygen atoms in total. The Balaban J connectivity index is 1.94. The highest BCUT2D eigenvalue weighted by Gasteiger charge is 2.15. The molecule has 0 unspecified atom stereocenters. The highest BCUT2D eigenvalue weighted by atomic mass is 32.2. The van der Waals surface area contributed by atoms with Gasteiger partial charge in [-0.3, -0.25) is 0 Å². The molecule has 0 saturated heterocycles. The molecule has 3 aromatic rings. The summed E-state index contributed by atoms with van der Waals surface area (Å²) in [4.78, 5) is 4.78. The van der Waals surface area contributed by atoms with Crippen LogP contribution in [0.2, 0.25) is 0 Å². The van der Waals surface area contributed by atoms with E-state index >= 15 is 0 Å². The molecule has 3 rings (SSSR count). The monoisotopic (exact) mass is 446 g/mol. The van der Waals surface area contributed by atoms with Gasteiger partial charge in [-0.1, -0.05) is 6.07 Å². The maximum atomic E-state index is 12.0. The van der Waals surface area contributed by atoms with Crippen molar-refractivity contribution in [3.8, 4) is 5.75 Å². The first-order valence-corrected chi connectivity index (χ1v) is 11.9. The number of nitrogens with zero attached hydrogens (tertiary/aromatic N) is 2. The van der Waals surface area contributed by atoms with Gasteiger partial charge in [0.2, 0.25) is 0 Å². The minimum atomic E-state index is -3.37. The number of sulfone groups is 1. The van der Waals surface area contributed by atoms with Crippen molar-refractivity contribution in [2.45, 2.75) is 45.2 Å². The van der Waals surface area contributed by atoms with Crippen LogP contribution in [0.15, 0.2) is 41.3 Å². The Kier molecular flexibility index (Phi) is 6.33. The van der Waals surface area contributed by atoms with Crippen LogP contribution in [0.1, 0.15) is 26.6 Å². The normalized spacial score (nSPS) is 11.7. The molecular formula is C21H26N4O3S2. The average molecular weight is 447 g/mol. The number of nitrogens with one attached hydrogen (secondary N) is 2. The Labute approximate surface area is 182 Å². The number of aromatic nitrogens is 2. The fourth-order valence-corrected chi connectivity index (χ4v) is 4.13. The van der Waals surface area contributed by atoms with Crippen molar-refractivity contribution in [1.29, 1.82) is 0 Å². The van der Waals surface area contributed by atoms with Gasteiger partial charge in [0.15, 0.2) is 14.9 Å². The third kappa shape index (κ3) is 4.73. The zero-order chi connectivity index (χ0) is 22.1. The quantitative estimate of drug-likeness (QED) is 0.544. The number of hydrogen-bond donors (Lipinski definition) is 2. The van der Waals surface area contributed by atoms with Crippen molar-refractivity contribution in [1.82, 2.24) is 9.55 Å². The minimum absolute atomic E-state index is 0.0770. The summed E-state index contributed by atoms with van der Waals surface area (Å²) in [7, 11) is -3.37. The Bertz CT molecular complexity index is 1200. The van der Waals surface area contributed by atoms with E-state index in [1.165, 1.54) is 18.4 Å². The molecule has 0 aliphatic carbocycles. The third-order valence-electron chi connectivity index (χ3n) is 4.51. The van der Waals surface area contributed by atoms with E-state index in [4.69, 9.17) is 17.0 Å². The lowest BCUT2D eigenvalue weighted by Crippen LogP contribution is -2.21. The summed E-state index contributed by atoms with van der Waals surface area (Å²) in [5, 5.41) is 6.62. The summed E-state index contributed by atoms with van der Waals surface area (Å²) in [6.07, 6.45) is 1.09. The highest BCUT2D eigenvalue weighted by molar-refractivity contribution is 7.90. The van der Waals surface area contributed by atoms with E-state index in [1.807, 2.05) is 39.0 Å². The van der Waals surface area contributed by atoms with Crippen LogP contribution in [-0.4, -0.2) is 35.4 Å². The molecule has 0 bridgehead atoms. The molecular weight excluding hydrogens is 420 g/mol. The largest absolute Gasteiger partial charge is 0.489 e. The van der Waals surface area contributed by atoms with Gasteiger partial charge in [-0.25, -0.2) is 13.4 Å². The van der Waals surface area contributed by atoms with Crippen LogP contribution in [0.5, 0.6) is 5.75 Å². The zero-order valence-electron chi connectivity index (χ0n) is 17.7. The summed E-state index contributed by atoms with van der Waals surface area (Å²) in [6.45, 7) is 8.62. The lowest BCUT2D eigenvalue weighted by atomic mass is 10.2. The minimum Gasteiger partial charge on any atom is -0.489 e. The molecule has 9 heteroatoms.